The molecule has 124 valence electrons. The quantitative estimate of drug-likeness (QED) is 0.439. The first-order valence-corrected chi connectivity index (χ1v) is 9.02. The molecule has 2 N–H and O–H groups in total. The molecule has 1 aromatic heterocycles. The minimum absolute atomic E-state index is 0.264. The van der Waals surface area contributed by atoms with Crippen LogP contribution in [0.3, 0.4) is 0 Å². The maximum Gasteiger partial charge on any atom is 0.247 e. The predicted octanol–water partition coefficient (Wildman–Crippen LogP) is 4.00. The molecule has 0 saturated heterocycles. The molecule has 24 heavy (non-hydrogen) atoms. The number of hydrogen-bond donors (Lipinski definition) is 2. The smallest absolute Gasteiger partial charge is 0.247 e. The van der Waals surface area contributed by atoms with Crippen LogP contribution in [0.1, 0.15) is 23.3 Å². The van der Waals surface area contributed by atoms with E-state index in [0.717, 1.165) is 21.5 Å². The molecular weight excluding hydrogens is 384 g/mol. The molecule has 1 aromatic carbocycles. The number of halogens is 2. The summed E-state index contributed by atoms with van der Waals surface area (Å²) in [5.74, 6) is -0.228. The van der Waals surface area contributed by atoms with Gasteiger partial charge in [-0.2, -0.15) is 0 Å². The average Bonchev–Trinajstić information content (AvgIpc) is 2.54. The van der Waals surface area contributed by atoms with Gasteiger partial charge < -0.3 is 9.95 Å². The van der Waals surface area contributed by atoms with Crippen molar-refractivity contribution >= 4 is 67.5 Å². The molecule has 0 aliphatic carbocycles. The van der Waals surface area contributed by atoms with Crippen molar-refractivity contribution < 1.29 is 4.79 Å². The number of rotatable bonds is 6. The summed E-state index contributed by atoms with van der Waals surface area (Å²) in [6.45, 7) is 1.91. The molecule has 1 heterocycles. The van der Waals surface area contributed by atoms with E-state index in [-0.39, 0.29) is 5.82 Å². The standard InChI is InChI=1S/C15H14BCl2N3OS2/c1-2-9-10(17)14(21(16)23)20-15(11(9)18)24-12(13(19)22)8-6-4-3-5-7-8/h3-7,12,23H,2H2,1H3,(H2,19,22). The number of primary amides is 1. The van der Waals surface area contributed by atoms with E-state index in [1.165, 1.54) is 0 Å². The highest BCUT2D eigenvalue weighted by Crippen LogP contribution is 2.43. The van der Waals surface area contributed by atoms with Crippen molar-refractivity contribution in [1.82, 2.24) is 4.98 Å². The lowest BCUT2D eigenvalue weighted by molar-refractivity contribution is -0.117. The number of benzene rings is 1. The fourth-order valence-electron chi connectivity index (χ4n) is 2.12. The molecule has 0 fully saturated rings. The number of nitrogens with zero attached hydrogens (tertiary/aromatic N) is 2. The third kappa shape index (κ3) is 4.14. The zero-order chi connectivity index (χ0) is 17.9. The summed E-state index contributed by atoms with van der Waals surface area (Å²) >= 11 is 17.9. The Kier molecular flexibility index (Phi) is 6.74. The van der Waals surface area contributed by atoms with E-state index in [2.05, 4.69) is 17.8 Å². The van der Waals surface area contributed by atoms with Gasteiger partial charge in [0, 0.05) is 0 Å². The fourth-order valence-corrected chi connectivity index (χ4v) is 4.14. The van der Waals surface area contributed by atoms with Crippen LogP contribution in [0.15, 0.2) is 35.4 Å². The molecule has 2 aromatic rings. The van der Waals surface area contributed by atoms with Crippen LogP contribution >= 0.6 is 47.8 Å². The Hall–Kier alpha value is -1.02. The molecule has 0 bridgehead atoms. The minimum atomic E-state index is -0.638. The van der Waals surface area contributed by atoms with Crippen molar-refractivity contribution in [2.45, 2.75) is 23.6 Å². The molecule has 1 atom stereocenters. The highest BCUT2D eigenvalue weighted by atomic mass is 35.5. The number of aromatic nitrogens is 1. The number of amides is 1. The topological polar surface area (TPSA) is 59.2 Å². The number of anilines is 1. The molecule has 2 rings (SSSR count). The number of hydrogen-bond acceptors (Lipinski definition) is 5. The van der Waals surface area contributed by atoms with Gasteiger partial charge in [-0.05, 0) is 17.5 Å². The van der Waals surface area contributed by atoms with Crippen molar-refractivity contribution in [3.63, 3.8) is 0 Å². The van der Waals surface area contributed by atoms with Gasteiger partial charge in [-0.3, -0.25) is 4.79 Å². The molecule has 0 saturated carbocycles. The zero-order valence-corrected chi connectivity index (χ0v) is 16.0. The van der Waals surface area contributed by atoms with Crippen LogP contribution in [0.4, 0.5) is 5.82 Å². The second-order valence-electron chi connectivity index (χ2n) is 4.86. The molecule has 0 aliphatic heterocycles. The summed E-state index contributed by atoms with van der Waals surface area (Å²) < 4.78 is 1.02. The summed E-state index contributed by atoms with van der Waals surface area (Å²) in [5, 5.41) is 0.499. The average molecular weight is 398 g/mol. The first kappa shape index (κ1) is 19.3. The van der Waals surface area contributed by atoms with E-state index in [9.17, 15) is 4.79 Å². The normalized spacial score (nSPS) is 12.0. The van der Waals surface area contributed by atoms with Gasteiger partial charge in [0.15, 0.2) is 0 Å². The Bertz CT molecular complexity index is 747. The minimum Gasteiger partial charge on any atom is -0.368 e. The number of carbonyl (C=O) groups is 1. The number of thioether (sulfide) groups is 1. The monoisotopic (exact) mass is 397 g/mol. The Morgan fingerprint density at radius 3 is 2.50 bits per heavy atom. The highest BCUT2D eigenvalue weighted by molar-refractivity contribution is 8.00. The van der Waals surface area contributed by atoms with Crippen molar-refractivity contribution in [1.29, 1.82) is 0 Å². The second-order valence-corrected chi connectivity index (χ2v) is 7.14. The number of nitrogens with two attached hydrogens (primary N) is 1. The Balaban J connectivity index is 2.51. The van der Waals surface area contributed by atoms with Crippen molar-refractivity contribution in [2.75, 3.05) is 4.22 Å². The summed E-state index contributed by atoms with van der Waals surface area (Å²) in [6.07, 6.45) is 0.578. The van der Waals surface area contributed by atoms with Gasteiger partial charge in [0.25, 0.3) is 0 Å². The second kappa shape index (κ2) is 8.38. The molecule has 4 nitrogen and oxygen atoms in total. The lowest BCUT2D eigenvalue weighted by atomic mass is 10.1. The SMILES string of the molecule is [B]N(S)c1nc(SC(C(N)=O)c2ccccc2)c(Cl)c(CC)c1Cl. The lowest BCUT2D eigenvalue weighted by Crippen LogP contribution is -2.19. The van der Waals surface area contributed by atoms with Gasteiger partial charge in [0.05, 0.1) is 10.0 Å². The summed E-state index contributed by atoms with van der Waals surface area (Å²) in [4.78, 5) is 16.3. The lowest BCUT2D eigenvalue weighted by Gasteiger charge is -2.20. The maximum atomic E-state index is 11.9. The molecule has 9 heteroatoms. The molecule has 2 radical (unpaired) electrons. The number of carbonyl (C=O) groups excluding carboxylic acids is 1. The van der Waals surface area contributed by atoms with E-state index in [4.69, 9.17) is 36.9 Å². The van der Waals surface area contributed by atoms with Gasteiger partial charge in [-0.15, -0.1) is 0 Å². The van der Waals surface area contributed by atoms with Crippen molar-refractivity contribution in [3.05, 3.63) is 51.5 Å². The maximum absolute atomic E-state index is 11.9. The summed E-state index contributed by atoms with van der Waals surface area (Å²) in [5.41, 5.74) is 7.01. The summed E-state index contributed by atoms with van der Waals surface area (Å²) in [7, 11) is 5.67. The van der Waals surface area contributed by atoms with Crippen LogP contribution in [0.2, 0.25) is 10.0 Å². The van der Waals surface area contributed by atoms with Crippen LogP contribution in [0.5, 0.6) is 0 Å². The Morgan fingerprint density at radius 1 is 1.38 bits per heavy atom. The highest BCUT2D eigenvalue weighted by Gasteiger charge is 2.24. The van der Waals surface area contributed by atoms with Gasteiger partial charge >= 0.3 is 0 Å². The van der Waals surface area contributed by atoms with Gasteiger partial charge in [0.1, 0.15) is 16.1 Å². The van der Waals surface area contributed by atoms with Crippen molar-refractivity contribution in [3.8, 4) is 0 Å². The fraction of sp³-hybridized carbons (Fsp3) is 0.200. The van der Waals surface area contributed by atoms with Crippen molar-refractivity contribution in [2.24, 2.45) is 5.73 Å². The first-order valence-electron chi connectivity index (χ1n) is 6.99. The molecule has 0 aliphatic rings. The molecular formula is C15H14BCl2N3OS2. The number of pyridine rings is 1. The predicted molar refractivity (Wildman–Crippen MR) is 105 cm³/mol. The summed E-state index contributed by atoms with van der Waals surface area (Å²) in [6, 6.07) is 9.17. The third-order valence-corrected chi connectivity index (χ3v) is 5.65. The Labute approximate surface area is 162 Å². The van der Waals surface area contributed by atoms with Crippen LogP contribution in [0, 0.1) is 0 Å². The van der Waals surface area contributed by atoms with Crippen LogP contribution < -0.4 is 9.95 Å². The van der Waals surface area contributed by atoms with E-state index >= 15 is 0 Å². The van der Waals surface area contributed by atoms with E-state index in [1.54, 1.807) is 0 Å². The third-order valence-electron chi connectivity index (χ3n) is 3.28. The molecule has 1 amide bonds. The van der Waals surface area contributed by atoms with E-state index < -0.39 is 11.2 Å². The largest absolute Gasteiger partial charge is 0.368 e. The van der Waals surface area contributed by atoms with Gasteiger partial charge in [0.2, 0.25) is 13.9 Å². The first-order chi connectivity index (χ1) is 11.4. The van der Waals surface area contributed by atoms with E-state index in [0.29, 0.717) is 27.1 Å². The van der Waals surface area contributed by atoms with Crippen LogP contribution in [-0.2, 0) is 11.2 Å². The zero-order valence-electron chi connectivity index (χ0n) is 12.7. The number of thiol groups is 1. The molecule has 1 unspecified atom stereocenters. The Morgan fingerprint density at radius 2 is 2.00 bits per heavy atom. The van der Waals surface area contributed by atoms with E-state index in [1.807, 2.05) is 37.3 Å². The molecule has 0 spiro atoms. The van der Waals surface area contributed by atoms with Crippen LogP contribution in [0.25, 0.3) is 0 Å². The van der Waals surface area contributed by atoms with Gasteiger partial charge in [-0.1, -0.05) is 85.0 Å². The van der Waals surface area contributed by atoms with Gasteiger partial charge in [-0.25, -0.2) is 4.98 Å². The van der Waals surface area contributed by atoms with Crippen LogP contribution in [-0.4, -0.2) is 18.9 Å².